The Bertz CT molecular complexity index is 834. The Balaban J connectivity index is 1.57. The third kappa shape index (κ3) is 2.87. The van der Waals surface area contributed by atoms with Crippen LogP contribution in [0.3, 0.4) is 0 Å². The normalized spacial score (nSPS) is 57.8. The molecular weight excluding hydrogens is 408 g/mol. The molecule has 0 amide bonds. The fourth-order valence-electron chi connectivity index (χ4n) is 11.4. The summed E-state index contributed by atoms with van der Waals surface area (Å²) in [7, 11) is 0. The first-order valence-corrected chi connectivity index (χ1v) is 14.1. The Morgan fingerprint density at radius 3 is 1.97 bits per heavy atom. The maximum atomic E-state index is 12.9. The van der Waals surface area contributed by atoms with Gasteiger partial charge in [-0.3, -0.25) is 4.79 Å². The number of hydrogen-bond donors (Lipinski definition) is 2. The topological polar surface area (TPSA) is 57.5 Å². The van der Waals surface area contributed by atoms with E-state index in [4.69, 9.17) is 0 Å². The summed E-state index contributed by atoms with van der Waals surface area (Å²) in [6.45, 7) is 17.3. The van der Waals surface area contributed by atoms with Crippen LogP contribution < -0.4 is 0 Å². The molecule has 0 heterocycles. The number of aliphatic hydroxyl groups excluding tert-OH is 1. The monoisotopic (exact) mass is 458 g/mol. The lowest BCUT2D eigenvalue weighted by Crippen LogP contribution is -2.69. The number of hydrogen-bond acceptors (Lipinski definition) is 2. The number of carboxylic acids is 1. The first-order valence-electron chi connectivity index (χ1n) is 14.1. The van der Waals surface area contributed by atoms with E-state index in [0.29, 0.717) is 23.2 Å². The lowest BCUT2D eigenvalue weighted by molar-refractivity contribution is -0.265. The molecule has 0 radical (unpaired) electrons. The van der Waals surface area contributed by atoms with E-state index in [1.807, 2.05) is 0 Å². The highest BCUT2D eigenvalue weighted by atomic mass is 16.4. The molecule has 5 aliphatic carbocycles. The number of aliphatic carboxylic acids is 1. The number of carbonyl (C=O) groups is 1. The summed E-state index contributed by atoms with van der Waals surface area (Å²) < 4.78 is 0. The van der Waals surface area contributed by atoms with Gasteiger partial charge in [0.1, 0.15) is 0 Å². The summed E-state index contributed by atoms with van der Waals surface area (Å²) in [5.41, 5.74) is 0.578. The molecule has 0 bridgehead atoms. The standard InChI is InChI=1S/C30H50O3/c1-19-20(31)8-9-21-26(19,4)11-10-22-27(21,5)13-14-29(7)23-18-25(2,3)12-16-30(23,24(32)33)17-15-28(22,29)6/h19-23,31H,8-18H2,1-7H3,(H,32,33)/t19-,20-,21?,22-,23-,26+,27-,28+,29-,30-/m1/s1. The van der Waals surface area contributed by atoms with E-state index in [1.165, 1.54) is 25.7 Å². The predicted octanol–water partition coefficient (Wildman–Crippen LogP) is 7.31. The Hall–Kier alpha value is -0.570. The second-order valence-electron chi connectivity index (χ2n) is 15.3. The summed E-state index contributed by atoms with van der Waals surface area (Å²) in [5, 5.41) is 21.3. The van der Waals surface area contributed by atoms with Gasteiger partial charge in [-0.2, -0.15) is 0 Å². The molecule has 0 saturated heterocycles. The highest BCUT2D eigenvalue weighted by Crippen LogP contribution is 2.78. The van der Waals surface area contributed by atoms with Crippen molar-refractivity contribution in [1.82, 2.24) is 0 Å². The zero-order valence-electron chi connectivity index (χ0n) is 22.5. The summed E-state index contributed by atoms with van der Waals surface area (Å²) in [4.78, 5) is 12.9. The van der Waals surface area contributed by atoms with Gasteiger partial charge < -0.3 is 10.2 Å². The fraction of sp³-hybridized carbons (Fsp3) is 0.967. The molecule has 1 unspecified atom stereocenters. The molecule has 0 spiro atoms. The second-order valence-corrected chi connectivity index (χ2v) is 15.3. The van der Waals surface area contributed by atoms with Crippen molar-refractivity contribution >= 4 is 5.97 Å². The number of fused-ring (bicyclic) bond motifs is 7. The van der Waals surface area contributed by atoms with Crippen LogP contribution in [0, 0.1) is 56.2 Å². The van der Waals surface area contributed by atoms with E-state index in [9.17, 15) is 15.0 Å². The third-order valence-corrected chi connectivity index (χ3v) is 13.9. The van der Waals surface area contributed by atoms with Crippen molar-refractivity contribution in [1.29, 1.82) is 0 Å². The van der Waals surface area contributed by atoms with Gasteiger partial charge in [0.25, 0.3) is 0 Å². The number of rotatable bonds is 1. The van der Waals surface area contributed by atoms with Crippen LogP contribution >= 0.6 is 0 Å². The average molecular weight is 459 g/mol. The van der Waals surface area contributed by atoms with Gasteiger partial charge in [0.2, 0.25) is 0 Å². The van der Waals surface area contributed by atoms with Gasteiger partial charge >= 0.3 is 5.97 Å². The molecule has 33 heavy (non-hydrogen) atoms. The van der Waals surface area contributed by atoms with E-state index in [1.54, 1.807) is 0 Å². The zero-order chi connectivity index (χ0) is 24.2. The molecule has 0 aromatic heterocycles. The first kappa shape index (κ1) is 24.1. The Kier molecular flexibility index (Phi) is 5.13. The van der Waals surface area contributed by atoms with Crippen LogP contribution in [0.1, 0.15) is 119 Å². The van der Waals surface area contributed by atoms with Crippen LogP contribution in [0.2, 0.25) is 0 Å². The first-order chi connectivity index (χ1) is 15.2. The molecule has 3 heteroatoms. The molecular formula is C30H50O3. The summed E-state index contributed by atoms with van der Waals surface area (Å²) >= 11 is 0. The molecule has 5 rings (SSSR count). The van der Waals surface area contributed by atoms with Crippen molar-refractivity contribution in [3.05, 3.63) is 0 Å². The van der Waals surface area contributed by atoms with Crippen LogP contribution in [-0.4, -0.2) is 22.3 Å². The molecule has 5 saturated carbocycles. The van der Waals surface area contributed by atoms with Crippen molar-refractivity contribution < 1.29 is 15.0 Å². The minimum absolute atomic E-state index is 0.0963. The Morgan fingerprint density at radius 2 is 1.30 bits per heavy atom. The zero-order valence-corrected chi connectivity index (χ0v) is 22.5. The summed E-state index contributed by atoms with van der Waals surface area (Å²) in [6.07, 6.45) is 11.8. The van der Waals surface area contributed by atoms with Crippen LogP contribution in [0.15, 0.2) is 0 Å². The lowest BCUT2D eigenvalue weighted by Gasteiger charge is -2.74. The summed E-state index contributed by atoms with van der Waals surface area (Å²) in [6, 6.07) is 0. The predicted molar refractivity (Wildman–Crippen MR) is 133 cm³/mol. The van der Waals surface area contributed by atoms with E-state index in [0.717, 1.165) is 44.9 Å². The van der Waals surface area contributed by atoms with Gasteiger partial charge in [-0.25, -0.2) is 0 Å². The smallest absolute Gasteiger partial charge is 0.309 e. The van der Waals surface area contributed by atoms with E-state index in [2.05, 4.69) is 48.5 Å². The Morgan fingerprint density at radius 1 is 0.697 bits per heavy atom. The average Bonchev–Trinajstić information content (AvgIpc) is 2.73. The van der Waals surface area contributed by atoms with Crippen LogP contribution in [-0.2, 0) is 4.79 Å². The maximum absolute atomic E-state index is 12.9. The van der Waals surface area contributed by atoms with Crippen molar-refractivity contribution in [2.45, 2.75) is 125 Å². The van der Waals surface area contributed by atoms with Crippen LogP contribution in [0.4, 0.5) is 0 Å². The minimum atomic E-state index is -0.510. The largest absolute Gasteiger partial charge is 0.481 e. The molecule has 3 nitrogen and oxygen atoms in total. The molecule has 0 aromatic rings. The van der Waals surface area contributed by atoms with Crippen molar-refractivity contribution in [3.63, 3.8) is 0 Å². The van der Waals surface area contributed by atoms with E-state index < -0.39 is 11.4 Å². The second kappa shape index (κ2) is 7.01. The van der Waals surface area contributed by atoms with Gasteiger partial charge in [0, 0.05) is 0 Å². The van der Waals surface area contributed by atoms with Gasteiger partial charge in [-0.15, -0.1) is 0 Å². The van der Waals surface area contributed by atoms with Crippen LogP contribution in [0.25, 0.3) is 0 Å². The molecule has 10 atom stereocenters. The fourth-order valence-corrected chi connectivity index (χ4v) is 11.4. The maximum Gasteiger partial charge on any atom is 0.309 e. The van der Waals surface area contributed by atoms with Crippen molar-refractivity contribution in [3.8, 4) is 0 Å². The quantitative estimate of drug-likeness (QED) is 0.433. The van der Waals surface area contributed by atoms with E-state index in [-0.39, 0.29) is 33.7 Å². The molecule has 188 valence electrons. The lowest BCUT2D eigenvalue weighted by atomic mass is 9.30. The van der Waals surface area contributed by atoms with Gasteiger partial charge in [-0.05, 0) is 121 Å². The number of aliphatic hydroxyl groups is 1. The van der Waals surface area contributed by atoms with Crippen molar-refractivity contribution in [2.24, 2.45) is 56.2 Å². The van der Waals surface area contributed by atoms with E-state index >= 15 is 0 Å². The van der Waals surface area contributed by atoms with Gasteiger partial charge in [0.05, 0.1) is 11.5 Å². The SMILES string of the molecule is C[C@@H]1[C@H](O)CCC2[C@@]1(C)CC[C@H]1[C@]3(C)CC[C@]4(C(=O)O)CCC(C)(C)C[C@@H]4[C@@]3(C)CC[C@]21C. The molecule has 2 N–H and O–H groups in total. The Labute approximate surface area is 202 Å². The highest BCUT2D eigenvalue weighted by molar-refractivity contribution is 5.76. The highest BCUT2D eigenvalue weighted by Gasteiger charge is 2.72. The molecule has 5 aliphatic rings. The minimum Gasteiger partial charge on any atom is -0.481 e. The van der Waals surface area contributed by atoms with Gasteiger partial charge in [-0.1, -0.05) is 48.5 Å². The van der Waals surface area contributed by atoms with Crippen molar-refractivity contribution in [2.75, 3.05) is 0 Å². The third-order valence-electron chi connectivity index (χ3n) is 13.9. The number of carboxylic acid groups (broad SMARTS) is 1. The molecule has 0 aromatic carbocycles. The summed E-state index contributed by atoms with van der Waals surface area (Å²) in [5.74, 6) is 1.50. The molecule has 5 fully saturated rings. The van der Waals surface area contributed by atoms with Gasteiger partial charge in [0.15, 0.2) is 0 Å². The van der Waals surface area contributed by atoms with Crippen LogP contribution in [0.5, 0.6) is 0 Å². The molecule has 0 aliphatic heterocycles.